The van der Waals surface area contributed by atoms with Crippen molar-refractivity contribution in [1.82, 2.24) is 9.97 Å². The van der Waals surface area contributed by atoms with Gasteiger partial charge in [-0.3, -0.25) is 0 Å². The van der Waals surface area contributed by atoms with E-state index in [1.807, 2.05) is 12.1 Å². The van der Waals surface area contributed by atoms with Crippen LogP contribution >= 0.6 is 0 Å². The molecule has 1 aromatic heterocycles. The molecule has 1 fully saturated rings. The zero-order chi connectivity index (χ0) is 19.3. The molecule has 2 N–H and O–H groups in total. The van der Waals surface area contributed by atoms with E-state index in [1.54, 1.807) is 12.3 Å². The van der Waals surface area contributed by atoms with Crippen LogP contribution in [0.15, 0.2) is 54.7 Å². The van der Waals surface area contributed by atoms with E-state index in [4.69, 9.17) is 0 Å². The Bertz CT molecular complexity index is 940. The van der Waals surface area contributed by atoms with Crippen molar-refractivity contribution in [2.45, 2.75) is 19.3 Å². The van der Waals surface area contributed by atoms with Gasteiger partial charge in [0.15, 0.2) is 0 Å². The van der Waals surface area contributed by atoms with Gasteiger partial charge >= 0.3 is 0 Å². The van der Waals surface area contributed by atoms with Crippen LogP contribution in [0.2, 0.25) is 0 Å². The van der Waals surface area contributed by atoms with E-state index >= 15 is 0 Å². The Morgan fingerprint density at radius 1 is 0.857 bits per heavy atom. The lowest BCUT2D eigenvalue weighted by molar-refractivity contribution is 0.578. The first-order valence-electron chi connectivity index (χ1n) is 9.34. The average Bonchev–Trinajstić information content (AvgIpc) is 2.72. The first kappa shape index (κ1) is 18.2. The predicted molar refractivity (Wildman–Crippen MR) is 107 cm³/mol. The van der Waals surface area contributed by atoms with Gasteiger partial charge in [-0.05, 0) is 61.7 Å². The van der Waals surface area contributed by atoms with E-state index in [1.165, 1.54) is 37.1 Å². The Morgan fingerprint density at radius 2 is 1.64 bits per heavy atom. The summed E-state index contributed by atoms with van der Waals surface area (Å²) in [7, 11) is 0. The van der Waals surface area contributed by atoms with Crippen molar-refractivity contribution in [2.24, 2.45) is 0 Å². The fraction of sp³-hybridized carbons (Fsp3) is 0.238. The summed E-state index contributed by atoms with van der Waals surface area (Å²) in [6, 6.07) is 13.3. The molecule has 0 bridgehead atoms. The molecule has 0 atom stereocenters. The number of nitrogens with one attached hydrogen (secondary N) is 2. The maximum absolute atomic E-state index is 13.8. The molecule has 28 heavy (non-hydrogen) atoms. The van der Waals surface area contributed by atoms with Crippen LogP contribution in [-0.2, 0) is 0 Å². The van der Waals surface area contributed by atoms with Crippen molar-refractivity contribution in [2.75, 3.05) is 28.6 Å². The fourth-order valence-electron chi connectivity index (χ4n) is 3.26. The Hall–Kier alpha value is -3.22. The fourth-order valence-corrected chi connectivity index (χ4v) is 3.26. The molecule has 2 heterocycles. The molecule has 4 rings (SSSR count). The molecule has 144 valence electrons. The van der Waals surface area contributed by atoms with E-state index in [0.717, 1.165) is 24.8 Å². The third-order valence-electron chi connectivity index (χ3n) is 4.69. The molecular weight excluding hydrogens is 360 g/mol. The highest BCUT2D eigenvalue weighted by atomic mass is 19.1. The van der Waals surface area contributed by atoms with Crippen LogP contribution in [0.3, 0.4) is 0 Å². The normalized spacial score (nSPS) is 14.0. The van der Waals surface area contributed by atoms with Gasteiger partial charge in [-0.15, -0.1) is 0 Å². The minimum absolute atomic E-state index is 0.115. The largest absolute Gasteiger partial charge is 0.372 e. The summed E-state index contributed by atoms with van der Waals surface area (Å²) in [5, 5.41) is 5.99. The van der Waals surface area contributed by atoms with Gasteiger partial charge in [0, 0.05) is 36.7 Å². The van der Waals surface area contributed by atoms with Crippen LogP contribution in [0.25, 0.3) is 0 Å². The average molecular weight is 381 g/mol. The van der Waals surface area contributed by atoms with E-state index in [0.29, 0.717) is 5.82 Å². The first-order chi connectivity index (χ1) is 13.7. The van der Waals surface area contributed by atoms with Crippen LogP contribution < -0.4 is 15.5 Å². The number of rotatable bonds is 5. The number of benzene rings is 2. The highest BCUT2D eigenvalue weighted by Gasteiger charge is 2.11. The monoisotopic (exact) mass is 381 g/mol. The molecule has 0 radical (unpaired) electrons. The van der Waals surface area contributed by atoms with Crippen molar-refractivity contribution in [3.05, 3.63) is 66.4 Å². The molecule has 2 aromatic carbocycles. The first-order valence-corrected chi connectivity index (χ1v) is 9.34. The lowest BCUT2D eigenvalue weighted by Gasteiger charge is -2.28. The van der Waals surface area contributed by atoms with Crippen LogP contribution in [0, 0.1) is 11.6 Å². The summed E-state index contributed by atoms with van der Waals surface area (Å²) in [6.45, 7) is 2.21. The van der Waals surface area contributed by atoms with Gasteiger partial charge in [-0.25, -0.2) is 13.8 Å². The molecule has 0 aliphatic carbocycles. The quantitative estimate of drug-likeness (QED) is 0.634. The second-order valence-corrected chi connectivity index (χ2v) is 6.73. The van der Waals surface area contributed by atoms with Gasteiger partial charge in [0.2, 0.25) is 5.95 Å². The Balaban J connectivity index is 1.44. The van der Waals surface area contributed by atoms with Gasteiger partial charge in [0.25, 0.3) is 0 Å². The smallest absolute Gasteiger partial charge is 0.229 e. The Labute approximate surface area is 162 Å². The molecular formula is C21H21F2N5. The van der Waals surface area contributed by atoms with E-state index in [9.17, 15) is 8.78 Å². The number of anilines is 5. The highest BCUT2D eigenvalue weighted by molar-refractivity contribution is 5.62. The molecule has 0 saturated carbocycles. The summed E-state index contributed by atoms with van der Waals surface area (Å²) in [5.41, 5.74) is 2.24. The number of aromatic nitrogens is 2. The second-order valence-electron chi connectivity index (χ2n) is 6.73. The zero-order valence-electron chi connectivity index (χ0n) is 15.3. The van der Waals surface area contributed by atoms with E-state index in [2.05, 4.69) is 37.6 Å². The third kappa shape index (κ3) is 4.36. The minimum Gasteiger partial charge on any atom is -0.372 e. The van der Waals surface area contributed by atoms with Crippen LogP contribution in [0.5, 0.6) is 0 Å². The van der Waals surface area contributed by atoms with E-state index < -0.39 is 11.6 Å². The van der Waals surface area contributed by atoms with Crippen molar-refractivity contribution >= 4 is 28.8 Å². The summed E-state index contributed by atoms with van der Waals surface area (Å²) in [6.07, 6.45) is 5.36. The summed E-state index contributed by atoms with van der Waals surface area (Å²) in [5.74, 6) is -0.533. The third-order valence-corrected chi connectivity index (χ3v) is 4.69. The lowest BCUT2D eigenvalue weighted by atomic mass is 10.1. The van der Waals surface area contributed by atoms with E-state index in [-0.39, 0.29) is 11.6 Å². The maximum Gasteiger partial charge on any atom is 0.229 e. The SMILES string of the molecule is Fc1ccc(Nc2nccc(Nc3ccc(N4CCCCC4)cc3)n2)c(F)c1. The molecule has 1 saturated heterocycles. The minimum atomic E-state index is -0.699. The van der Waals surface area contributed by atoms with Crippen LogP contribution in [0.4, 0.5) is 37.6 Å². The summed E-state index contributed by atoms with van der Waals surface area (Å²) >= 11 is 0. The highest BCUT2D eigenvalue weighted by Crippen LogP contribution is 2.24. The Morgan fingerprint density at radius 3 is 2.39 bits per heavy atom. The zero-order valence-corrected chi connectivity index (χ0v) is 15.3. The van der Waals surface area contributed by atoms with Crippen molar-refractivity contribution < 1.29 is 8.78 Å². The number of piperidine rings is 1. The molecule has 5 nitrogen and oxygen atoms in total. The molecule has 3 aromatic rings. The van der Waals surface area contributed by atoms with Gasteiger partial charge in [0.05, 0.1) is 5.69 Å². The van der Waals surface area contributed by atoms with Gasteiger partial charge in [0.1, 0.15) is 17.5 Å². The Kier molecular flexibility index (Phi) is 5.32. The van der Waals surface area contributed by atoms with Crippen LogP contribution in [0.1, 0.15) is 19.3 Å². The number of halogens is 2. The van der Waals surface area contributed by atoms with Gasteiger partial charge in [-0.2, -0.15) is 4.98 Å². The van der Waals surface area contributed by atoms with Crippen molar-refractivity contribution in [1.29, 1.82) is 0 Å². The molecule has 1 aliphatic rings. The topological polar surface area (TPSA) is 53.1 Å². The maximum atomic E-state index is 13.8. The number of nitrogens with zero attached hydrogens (tertiary/aromatic N) is 3. The molecule has 1 aliphatic heterocycles. The number of hydrogen-bond acceptors (Lipinski definition) is 5. The predicted octanol–water partition coefficient (Wildman–Crippen LogP) is 5.23. The molecule has 0 unspecified atom stereocenters. The van der Waals surface area contributed by atoms with Gasteiger partial charge < -0.3 is 15.5 Å². The standard InChI is InChI=1S/C21H21F2N5/c22-15-4-9-19(18(23)14-15)26-21-24-11-10-20(27-21)25-16-5-7-17(8-6-16)28-12-2-1-3-13-28/h4-11,14H,1-3,12-13H2,(H2,24,25,26,27). The van der Waals surface area contributed by atoms with Gasteiger partial charge in [-0.1, -0.05) is 0 Å². The van der Waals surface area contributed by atoms with Crippen molar-refractivity contribution in [3.63, 3.8) is 0 Å². The number of hydrogen-bond donors (Lipinski definition) is 2. The second kappa shape index (κ2) is 8.21. The molecule has 7 heteroatoms. The lowest BCUT2D eigenvalue weighted by Crippen LogP contribution is -2.29. The van der Waals surface area contributed by atoms with Crippen molar-refractivity contribution in [3.8, 4) is 0 Å². The summed E-state index contributed by atoms with van der Waals surface area (Å²) in [4.78, 5) is 10.8. The summed E-state index contributed by atoms with van der Waals surface area (Å²) < 4.78 is 26.8. The molecule has 0 spiro atoms. The molecule has 0 amide bonds. The van der Waals surface area contributed by atoms with Crippen LogP contribution in [-0.4, -0.2) is 23.1 Å².